The smallest absolute Gasteiger partial charge is 0.183 e. The van der Waals surface area contributed by atoms with E-state index in [0.717, 1.165) is 11.3 Å². The second kappa shape index (κ2) is 7.70. The van der Waals surface area contributed by atoms with Gasteiger partial charge >= 0.3 is 0 Å². The molecule has 1 fully saturated rings. The van der Waals surface area contributed by atoms with Gasteiger partial charge in [-0.25, -0.2) is 9.97 Å². The number of nitrogens with one attached hydrogen (secondary N) is 1. The Bertz CT molecular complexity index is 689. The van der Waals surface area contributed by atoms with Crippen LogP contribution in [0.5, 0.6) is 0 Å². The van der Waals surface area contributed by atoms with Crippen LogP contribution in [0, 0.1) is 11.3 Å². The second-order valence-corrected chi connectivity index (χ2v) is 5.76. The Balaban J connectivity index is 1.64. The van der Waals surface area contributed by atoms with Crippen LogP contribution in [-0.4, -0.2) is 16.1 Å². The van der Waals surface area contributed by atoms with E-state index in [2.05, 4.69) is 21.4 Å². The molecule has 0 radical (unpaired) electrons. The number of hydrogen-bond donors (Lipinski definition) is 1. The molecule has 5 nitrogen and oxygen atoms in total. The molecule has 1 aliphatic rings. The predicted molar refractivity (Wildman–Crippen MR) is 88.1 cm³/mol. The summed E-state index contributed by atoms with van der Waals surface area (Å²) < 4.78 is 6.01. The fourth-order valence-corrected chi connectivity index (χ4v) is 2.83. The number of anilines is 2. The molecule has 0 atom stereocenters. The molecule has 0 unspecified atom stereocenters. The van der Waals surface area contributed by atoms with Crippen LogP contribution < -0.4 is 5.32 Å². The first-order chi connectivity index (χ1) is 11.3. The van der Waals surface area contributed by atoms with Gasteiger partial charge in [-0.1, -0.05) is 31.4 Å². The molecule has 23 heavy (non-hydrogen) atoms. The fraction of sp³-hybridized carbons (Fsp3) is 0.389. The van der Waals surface area contributed by atoms with Gasteiger partial charge in [-0.3, -0.25) is 0 Å². The third-order valence-electron chi connectivity index (χ3n) is 4.03. The van der Waals surface area contributed by atoms with E-state index >= 15 is 0 Å². The largest absolute Gasteiger partial charge is 0.374 e. The molecule has 2 aromatic rings. The fourth-order valence-electron chi connectivity index (χ4n) is 2.83. The van der Waals surface area contributed by atoms with Gasteiger partial charge in [0.15, 0.2) is 11.5 Å². The summed E-state index contributed by atoms with van der Waals surface area (Å²) in [4.78, 5) is 8.17. The first-order valence-electron chi connectivity index (χ1n) is 8.04. The highest BCUT2D eigenvalue weighted by molar-refractivity contribution is 5.60. The van der Waals surface area contributed by atoms with Crippen molar-refractivity contribution in [3.63, 3.8) is 0 Å². The van der Waals surface area contributed by atoms with Crippen molar-refractivity contribution in [2.45, 2.75) is 44.8 Å². The van der Waals surface area contributed by atoms with Crippen molar-refractivity contribution >= 4 is 11.5 Å². The van der Waals surface area contributed by atoms with Gasteiger partial charge < -0.3 is 10.1 Å². The molecule has 1 heterocycles. The first kappa shape index (κ1) is 15.4. The van der Waals surface area contributed by atoms with Crippen molar-refractivity contribution in [3.8, 4) is 6.07 Å². The molecule has 1 N–H and O–H groups in total. The molecular formula is C18H20N4O. The number of nitriles is 1. The summed E-state index contributed by atoms with van der Waals surface area (Å²) in [5.41, 5.74) is 2.28. The van der Waals surface area contributed by atoms with E-state index in [9.17, 15) is 0 Å². The molecule has 0 aliphatic heterocycles. The number of benzene rings is 1. The minimum absolute atomic E-state index is 0.288. The van der Waals surface area contributed by atoms with Gasteiger partial charge in [-0.05, 0) is 30.5 Å². The molecule has 1 saturated carbocycles. The summed E-state index contributed by atoms with van der Waals surface area (Å²) >= 11 is 0. The van der Waals surface area contributed by atoms with E-state index < -0.39 is 0 Å². The predicted octanol–water partition coefficient (Wildman–Crippen LogP) is 3.94. The van der Waals surface area contributed by atoms with Crippen LogP contribution >= 0.6 is 0 Å². The number of hydrogen-bond acceptors (Lipinski definition) is 5. The highest BCUT2D eigenvalue weighted by Gasteiger charge is 2.13. The van der Waals surface area contributed by atoms with E-state index in [4.69, 9.17) is 10.00 Å². The zero-order valence-electron chi connectivity index (χ0n) is 13.0. The molecule has 0 saturated heterocycles. The van der Waals surface area contributed by atoms with Gasteiger partial charge in [-0.2, -0.15) is 5.26 Å². The van der Waals surface area contributed by atoms with E-state index in [1.807, 2.05) is 24.3 Å². The molecule has 0 spiro atoms. The average Bonchev–Trinajstić information content (AvgIpc) is 2.62. The van der Waals surface area contributed by atoms with Crippen LogP contribution in [0.2, 0.25) is 0 Å². The molecule has 1 aromatic heterocycles. The van der Waals surface area contributed by atoms with Crippen LogP contribution in [0.25, 0.3) is 0 Å². The average molecular weight is 308 g/mol. The van der Waals surface area contributed by atoms with Gasteiger partial charge in [0, 0.05) is 18.1 Å². The Hall–Kier alpha value is -2.45. The highest BCUT2D eigenvalue weighted by Crippen LogP contribution is 2.23. The van der Waals surface area contributed by atoms with E-state index in [-0.39, 0.29) is 5.69 Å². The zero-order chi connectivity index (χ0) is 15.9. The Kier molecular flexibility index (Phi) is 5.17. The first-order valence-corrected chi connectivity index (χ1v) is 8.04. The second-order valence-electron chi connectivity index (χ2n) is 5.76. The molecule has 1 aliphatic carbocycles. The topological polar surface area (TPSA) is 70.8 Å². The molecule has 5 heteroatoms. The van der Waals surface area contributed by atoms with Crippen molar-refractivity contribution in [3.05, 3.63) is 47.9 Å². The summed E-state index contributed by atoms with van der Waals surface area (Å²) in [5.74, 6) is 0.473. The molecular weight excluding hydrogens is 288 g/mol. The van der Waals surface area contributed by atoms with Crippen molar-refractivity contribution in [1.82, 2.24) is 9.97 Å². The lowest BCUT2D eigenvalue weighted by Gasteiger charge is -2.22. The van der Waals surface area contributed by atoms with Crippen molar-refractivity contribution < 1.29 is 4.74 Å². The Morgan fingerprint density at radius 2 is 2.00 bits per heavy atom. The summed E-state index contributed by atoms with van der Waals surface area (Å²) in [7, 11) is 0. The SMILES string of the molecule is N#Cc1nccnc1Nc1cccc(COC2CCCCC2)c1. The molecule has 0 bridgehead atoms. The molecule has 3 rings (SSSR count). The Morgan fingerprint density at radius 1 is 1.17 bits per heavy atom. The standard InChI is InChI=1S/C18H20N4O/c19-12-17-18(21-10-9-20-17)22-15-6-4-5-14(11-15)13-23-16-7-2-1-3-8-16/h4-6,9-11,16H,1-3,7-8,13H2,(H,21,22). The lowest BCUT2D eigenvalue weighted by atomic mass is 9.98. The van der Waals surface area contributed by atoms with Crippen molar-refractivity contribution in [1.29, 1.82) is 5.26 Å². The van der Waals surface area contributed by atoms with Gasteiger partial charge in [0.25, 0.3) is 0 Å². The van der Waals surface area contributed by atoms with E-state index in [0.29, 0.717) is 18.5 Å². The van der Waals surface area contributed by atoms with Gasteiger partial charge in [0.05, 0.1) is 12.7 Å². The summed E-state index contributed by atoms with van der Waals surface area (Å²) in [5, 5.41) is 12.2. The van der Waals surface area contributed by atoms with Gasteiger partial charge in [0.2, 0.25) is 0 Å². The van der Waals surface area contributed by atoms with E-state index in [1.165, 1.54) is 38.3 Å². The van der Waals surface area contributed by atoms with Crippen LogP contribution in [0.3, 0.4) is 0 Å². The maximum Gasteiger partial charge on any atom is 0.183 e. The maximum atomic E-state index is 9.07. The number of rotatable bonds is 5. The number of ether oxygens (including phenoxy) is 1. The summed E-state index contributed by atoms with van der Waals surface area (Å²) in [6.45, 7) is 0.617. The monoisotopic (exact) mass is 308 g/mol. The Morgan fingerprint density at radius 3 is 2.83 bits per heavy atom. The summed E-state index contributed by atoms with van der Waals surface area (Å²) in [6, 6.07) is 10.0. The summed E-state index contributed by atoms with van der Waals surface area (Å²) in [6.07, 6.45) is 9.69. The van der Waals surface area contributed by atoms with Crippen LogP contribution in [-0.2, 0) is 11.3 Å². The maximum absolute atomic E-state index is 9.07. The lowest BCUT2D eigenvalue weighted by Crippen LogP contribution is -2.16. The third kappa shape index (κ3) is 4.27. The minimum Gasteiger partial charge on any atom is -0.374 e. The van der Waals surface area contributed by atoms with Gasteiger partial charge in [0.1, 0.15) is 6.07 Å². The minimum atomic E-state index is 0.288. The number of aromatic nitrogens is 2. The Labute approximate surface area is 136 Å². The molecule has 0 amide bonds. The van der Waals surface area contributed by atoms with Crippen LogP contribution in [0.4, 0.5) is 11.5 Å². The van der Waals surface area contributed by atoms with Crippen LogP contribution in [0.15, 0.2) is 36.7 Å². The third-order valence-corrected chi connectivity index (χ3v) is 4.03. The highest BCUT2D eigenvalue weighted by atomic mass is 16.5. The van der Waals surface area contributed by atoms with Crippen molar-refractivity contribution in [2.24, 2.45) is 0 Å². The zero-order valence-corrected chi connectivity index (χ0v) is 13.0. The van der Waals surface area contributed by atoms with Crippen molar-refractivity contribution in [2.75, 3.05) is 5.32 Å². The normalized spacial score (nSPS) is 15.1. The lowest BCUT2D eigenvalue weighted by molar-refractivity contribution is 0.0169. The quantitative estimate of drug-likeness (QED) is 0.905. The van der Waals surface area contributed by atoms with E-state index in [1.54, 1.807) is 6.20 Å². The molecule has 1 aromatic carbocycles. The molecule has 118 valence electrons. The number of nitrogens with zero attached hydrogens (tertiary/aromatic N) is 3. The van der Waals surface area contributed by atoms with Crippen LogP contribution in [0.1, 0.15) is 43.4 Å². The van der Waals surface area contributed by atoms with Gasteiger partial charge in [-0.15, -0.1) is 0 Å².